The number of esters is 1. The van der Waals surface area contributed by atoms with E-state index in [1.54, 1.807) is 18.3 Å². The van der Waals surface area contributed by atoms with Crippen molar-refractivity contribution in [3.8, 4) is 11.5 Å². The Morgan fingerprint density at radius 3 is 2.61 bits per heavy atom. The van der Waals surface area contributed by atoms with Crippen LogP contribution >= 0.6 is 11.6 Å². The quantitative estimate of drug-likeness (QED) is 0.310. The van der Waals surface area contributed by atoms with Crippen LogP contribution in [0.2, 0.25) is 5.28 Å². The van der Waals surface area contributed by atoms with Crippen LogP contribution in [0, 0.1) is 5.92 Å². The molecule has 9 heteroatoms. The monoisotopic (exact) mass is 502 g/mol. The maximum absolute atomic E-state index is 12.8. The minimum Gasteiger partial charge on any atom is -0.454 e. The second-order valence-electron chi connectivity index (χ2n) is 8.46. The highest BCUT2D eigenvalue weighted by Gasteiger charge is 2.26. The van der Waals surface area contributed by atoms with Crippen molar-refractivity contribution in [2.75, 3.05) is 6.79 Å². The fraction of sp³-hybridized carbons (Fsp3) is 0.222. The number of hydrogen-bond donors (Lipinski definition) is 0. The molecule has 36 heavy (non-hydrogen) atoms. The largest absolute Gasteiger partial charge is 0.454 e. The molecule has 1 aliphatic heterocycles. The van der Waals surface area contributed by atoms with Gasteiger partial charge < -0.3 is 14.2 Å². The first-order valence-corrected chi connectivity index (χ1v) is 11.9. The van der Waals surface area contributed by atoms with Gasteiger partial charge in [0.05, 0.1) is 5.56 Å². The molecule has 0 N–H and O–H groups in total. The molecule has 2 unspecified atom stereocenters. The predicted molar refractivity (Wildman–Crippen MR) is 132 cm³/mol. The molecule has 0 fully saturated rings. The maximum atomic E-state index is 12.8. The molecule has 1 aliphatic rings. The Labute approximate surface area is 213 Å². The van der Waals surface area contributed by atoms with Crippen molar-refractivity contribution in [1.29, 1.82) is 0 Å². The molecule has 2 aromatic heterocycles. The van der Waals surface area contributed by atoms with Crippen molar-refractivity contribution in [3.05, 3.63) is 107 Å². The molecular formula is C27H23ClN4O4. The van der Waals surface area contributed by atoms with Gasteiger partial charge in [-0.2, -0.15) is 0 Å². The molecular weight excluding hydrogens is 480 g/mol. The number of ether oxygens (including phenoxy) is 3. The molecule has 4 aromatic rings. The molecule has 0 spiro atoms. The van der Waals surface area contributed by atoms with E-state index in [0.717, 1.165) is 16.9 Å². The molecule has 0 radical (unpaired) electrons. The number of aromatic nitrogens is 4. The number of fused-ring (bicyclic) bond motifs is 1. The Morgan fingerprint density at radius 2 is 1.81 bits per heavy atom. The number of carbonyl (C=O) groups is 1. The third-order valence-corrected chi connectivity index (χ3v) is 5.95. The molecule has 0 saturated carbocycles. The van der Waals surface area contributed by atoms with Gasteiger partial charge in [-0.05, 0) is 47.0 Å². The first-order chi connectivity index (χ1) is 17.5. The zero-order valence-electron chi connectivity index (χ0n) is 19.5. The number of hydrogen-bond acceptors (Lipinski definition) is 8. The average Bonchev–Trinajstić information content (AvgIpc) is 3.36. The molecule has 5 rings (SSSR count). The van der Waals surface area contributed by atoms with E-state index in [1.165, 1.54) is 6.20 Å². The van der Waals surface area contributed by atoms with E-state index in [-0.39, 0.29) is 18.0 Å². The summed E-state index contributed by atoms with van der Waals surface area (Å²) in [5.74, 6) is 1.89. The lowest BCUT2D eigenvalue weighted by atomic mass is 9.94. The summed E-state index contributed by atoms with van der Waals surface area (Å²) in [5.41, 5.74) is 2.23. The number of pyridine rings is 1. The molecule has 0 amide bonds. The SMILES string of the molecule is CC(Cc1nc(Cl)nc(Cc2ccc3c(c2)OCO3)n1)C(OC(=O)c1cccnc1)c1ccccc1. The smallest absolute Gasteiger partial charge is 0.340 e. The van der Waals surface area contributed by atoms with Crippen LogP contribution in [-0.4, -0.2) is 32.7 Å². The molecule has 8 nitrogen and oxygen atoms in total. The minimum atomic E-state index is -0.522. The summed E-state index contributed by atoms with van der Waals surface area (Å²) in [5, 5.41) is 0.117. The van der Waals surface area contributed by atoms with Crippen molar-refractivity contribution >= 4 is 17.6 Å². The van der Waals surface area contributed by atoms with Crippen LogP contribution in [0.5, 0.6) is 11.5 Å². The van der Waals surface area contributed by atoms with Gasteiger partial charge in [-0.3, -0.25) is 4.98 Å². The molecule has 3 heterocycles. The molecule has 182 valence electrons. The summed E-state index contributed by atoms with van der Waals surface area (Å²) >= 11 is 6.26. The molecule has 2 atom stereocenters. The zero-order chi connectivity index (χ0) is 24.9. The van der Waals surface area contributed by atoms with Gasteiger partial charge in [0.2, 0.25) is 12.1 Å². The van der Waals surface area contributed by atoms with Crippen molar-refractivity contribution < 1.29 is 19.0 Å². The van der Waals surface area contributed by atoms with Gasteiger partial charge >= 0.3 is 5.97 Å². The van der Waals surface area contributed by atoms with Gasteiger partial charge in [-0.15, -0.1) is 0 Å². The first kappa shape index (κ1) is 23.7. The van der Waals surface area contributed by atoms with Crippen molar-refractivity contribution in [1.82, 2.24) is 19.9 Å². The second kappa shape index (κ2) is 10.7. The van der Waals surface area contributed by atoms with E-state index in [0.29, 0.717) is 35.8 Å². The van der Waals surface area contributed by atoms with Crippen LogP contribution in [0.15, 0.2) is 73.1 Å². The number of rotatable bonds is 8. The number of halogens is 1. The van der Waals surface area contributed by atoms with Crippen LogP contribution in [0.4, 0.5) is 0 Å². The fourth-order valence-corrected chi connectivity index (χ4v) is 4.25. The molecule has 0 bridgehead atoms. The lowest BCUT2D eigenvalue weighted by Gasteiger charge is -2.24. The number of nitrogens with zero attached hydrogens (tertiary/aromatic N) is 4. The number of benzene rings is 2. The van der Waals surface area contributed by atoms with E-state index < -0.39 is 12.1 Å². The van der Waals surface area contributed by atoms with E-state index in [9.17, 15) is 4.79 Å². The summed E-state index contributed by atoms with van der Waals surface area (Å²) in [6.07, 6.45) is 3.46. The predicted octanol–water partition coefficient (Wildman–Crippen LogP) is 5.02. The zero-order valence-corrected chi connectivity index (χ0v) is 20.3. The van der Waals surface area contributed by atoms with Crippen molar-refractivity contribution in [3.63, 3.8) is 0 Å². The summed E-state index contributed by atoms with van der Waals surface area (Å²) in [6, 6.07) is 18.7. The van der Waals surface area contributed by atoms with E-state index in [1.807, 2.05) is 55.5 Å². The first-order valence-electron chi connectivity index (χ1n) is 11.5. The van der Waals surface area contributed by atoms with E-state index >= 15 is 0 Å². The van der Waals surface area contributed by atoms with E-state index in [2.05, 4.69) is 19.9 Å². The van der Waals surface area contributed by atoms with Gasteiger partial charge in [-0.1, -0.05) is 43.3 Å². The lowest BCUT2D eigenvalue weighted by Crippen LogP contribution is -2.21. The summed E-state index contributed by atoms with van der Waals surface area (Å²) in [7, 11) is 0. The van der Waals surface area contributed by atoms with Crippen LogP contribution in [-0.2, 0) is 17.6 Å². The maximum Gasteiger partial charge on any atom is 0.340 e. The van der Waals surface area contributed by atoms with Crippen LogP contribution in [0.25, 0.3) is 0 Å². The Morgan fingerprint density at radius 1 is 1.00 bits per heavy atom. The second-order valence-corrected chi connectivity index (χ2v) is 8.80. The van der Waals surface area contributed by atoms with Crippen LogP contribution in [0.3, 0.4) is 0 Å². The third-order valence-electron chi connectivity index (χ3n) is 5.78. The van der Waals surface area contributed by atoms with E-state index in [4.69, 9.17) is 25.8 Å². The Kier molecular flexibility index (Phi) is 7.04. The normalized spacial score (nSPS) is 13.7. The average molecular weight is 503 g/mol. The van der Waals surface area contributed by atoms with Crippen molar-refractivity contribution in [2.24, 2.45) is 5.92 Å². The lowest BCUT2D eigenvalue weighted by molar-refractivity contribution is 0.0150. The molecule has 0 aliphatic carbocycles. The highest BCUT2D eigenvalue weighted by molar-refractivity contribution is 6.28. The Hall–Kier alpha value is -4.04. The van der Waals surface area contributed by atoms with Gasteiger partial charge in [0.15, 0.2) is 11.5 Å². The minimum absolute atomic E-state index is 0.117. The molecule has 0 saturated heterocycles. The van der Waals surface area contributed by atoms with Gasteiger partial charge in [0.25, 0.3) is 0 Å². The fourth-order valence-electron chi connectivity index (χ4n) is 4.06. The van der Waals surface area contributed by atoms with Crippen molar-refractivity contribution in [2.45, 2.75) is 25.9 Å². The van der Waals surface area contributed by atoms with Gasteiger partial charge in [0.1, 0.15) is 17.8 Å². The topological polar surface area (TPSA) is 96.3 Å². The summed E-state index contributed by atoms with van der Waals surface area (Å²) in [4.78, 5) is 30.1. The van der Waals surface area contributed by atoms with Gasteiger partial charge in [-0.25, -0.2) is 19.7 Å². The molecule has 2 aromatic carbocycles. The van der Waals surface area contributed by atoms with Crippen LogP contribution in [0.1, 0.15) is 46.2 Å². The summed E-state index contributed by atoms with van der Waals surface area (Å²) in [6.45, 7) is 2.20. The number of carbonyl (C=O) groups excluding carboxylic acids is 1. The Balaban J connectivity index is 1.35. The van der Waals surface area contributed by atoms with Gasteiger partial charge in [0, 0.05) is 31.2 Å². The summed E-state index contributed by atoms with van der Waals surface area (Å²) < 4.78 is 16.8. The third kappa shape index (κ3) is 5.60. The Bertz CT molecular complexity index is 1350. The highest BCUT2D eigenvalue weighted by atomic mass is 35.5. The van der Waals surface area contributed by atoms with Crippen LogP contribution < -0.4 is 9.47 Å². The standard InChI is InChI=1S/C27H23ClN4O4/c1-17(25(19-6-3-2-4-7-19)36-26(33)20-8-5-11-29-15-20)12-23-30-24(32-27(28)31-23)14-18-9-10-21-22(13-18)35-16-34-21/h2-11,13,15,17,25H,12,14,16H2,1H3. The highest BCUT2D eigenvalue weighted by Crippen LogP contribution is 2.33.